The third-order valence-electron chi connectivity index (χ3n) is 5.63. The highest BCUT2D eigenvalue weighted by atomic mass is 35.5. The smallest absolute Gasteiger partial charge is 0.333 e. The maximum atomic E-state index is 13.2. The number of ketones is 1. The molecule has 14 heteroatoms. The number of nitrogens with two attached hydrogens (primary N) is 1. The number of nitrogens with one attached hydrogen (secondary N) is 1. The Balaban J connectivity index is 1.47. The Hall–Kier alpha value is -2.94. The lowest BCUT2D eigenvalue weighted by atomic mass is 10.1. The Labute approximate surface area is 206 Å². The summed E-state index contributed by atoms with van der Waals surface area (Å²) in [5.41, 5.74) is 1.20. The molecule has 1 aromatic carbocycles. The molecule has 5 N–H and O–H groups in total. The first-order chi connectivity index (χ1) is 16.6. The summed E-state index contributed by atoms with van der Waals surface area (Å²) in [7, 11) is -4.19. The molecule has 186 valence electrons. The standard InChI is InChI=1S/C21H23ClN6O6S/c22-14-3-1-2-12(6-14)9-28-5-4-16(27-28)19(30)15-8-24-11-25-21(15)26-17-7-13(18(29)20(17)31)10-34-35(23,32)33/h1-6,8,11,13,17-18,20,29,31H,7,9-10H2,(H2,23,32,33)(H,24,25,26)/t13-,17-,18-,20+/m1/s1. The molecule has 1 saturated carbocycles. The molecule has 2 heterocycles. The van der Waals surface area contributed by atoms with E-state index in [1.165, 1.54) is 12.5 Å². The van der Waals surface area contributed by atoms with E-state index < -0.39 is 46.9 Å². The summed E-state index contributed by atoms with van der Waals surface area (Å²) in [6, 6.07) is 8.12. The molecule has 0 saturated heterocycles. The summed E-state index contributed by atoms with van der Waals surface area (Å²) < 4.78 is 28.3. The minimum atomic E-state index is -4.19. The number of carbonyl (C=O) groups excluding carboxylic acids is 1. The maximum absolute atomic E-state index is 13.2. The van der Waals surface area contributed by atoms with Crippen molar-refractivity contribution in [1.82, 2.24) is 19.7 Å². The maximum Gasteiger partial charge on any atom is 0.333 e. The molecule has 1 aliphatic rings. The number of carbonyl (C=O) groups is 1. The topological polar surface area (TPSA) is 183 Å². The van der Waals surface area contributed by atoms with Crippen LogP contribution < -0.4 is 10.5 Å². The molecule has 0 radical (unpaired) electrons. The predicted octanol–water partition coefficient (Wildman–Crippen LogP) is 0.348. The second-order valence-electron chi connectivity index (χ2n) is 8.15. The summed E-state index contributed by atoms with van der Waals surface area (Å²) in [4.78, 5) is 21.2. The number of hydrogen-bond donors (Lipinski definition) is 4. The number of aliphatic hydroxyl groups is 2. The van der Waals surface area contributed by atoms with Gasteiger partial charge >= 0.3 is 10.3 Å². The van der Waals surface area contributed by atoms with E-state index in [0.29, 0.717) is 11.6 Å². The highest BCUT2D eigenvalue weighted by Gasteiger charge is 2.42. The number of nitrogens with zero attached hydrogens (tertiary/aromatic N) is 4. The highest BCUT2D eigenvalue weighted by Crippen LogP contribution is 2.30. The van der Waals surface area contributed by atoms with Gasteiger partial charge in [-0.05, 0) is 30.2 Å². The lowest BCUT2D eigenvalue weighted by Gasteiger charge is -2.19. The zero-order valence-corrected chi connectivity index (χ0v) is 19.8. The van der Waals surface area contributed by atoms with Gasteiger partial charge in [-0.15, -0.1) is 0 Å². The van der Waals surface area contributed by atoms with E-state index in [1.807, 2.05) is 12.1 Å². The van der Waals surface area contributed by atoms with E-state index >= 15 is 0 Å². The molecule has 35 heavy (non-hydrogen) atoms. The molecule has 1 aliphatic carbocycles. The number of benzene rings is 1. The van der Waals surface area contributed by atoms with Crippen molar-refractivity contribution in [3.8, 4) is 0 Å². The first kappa shape index (κ1) is 25.2. The van der Waals surface area contributed by atoms with Crippen molar-refractivity contribution in [2.24, 2.45) is 11.1 Å². The van der Waals surface area contributed by atoms with Crippen molar-refractivity contribution < 1.29 is 27.6 Å². The van der Waals surface area contributed by atoms with Gasteiger partial charge in [0.15, 0.2) is 0 Å². The normalized spacial score (nSPS) is 22.3. The number of anilines is 1. The number of hydrogen-bond acceptors (Lipinski definition) is 10. The van der Waals surface area contributed by atoms with Crippen LogP contribution in [-0.4, -0.2) is 69.0 Å². The summed E-state index contributed by atoms with van der Waals surface area (Å²) in [6.07, 6.45) is 1.84. The summed E-state index contributed by atoms with van der Waals surface area (Å²) in [5, 5.41) is 33.4. The molecule has 0 aliphatic heterocycles. The van der Waals surface area contributed by atoms with E-state index in [1.54, 1.807) is 29.1 Å². The van der Waals surface area contributed by atoms with Gasteiger partial charge in [-0.25, -0.2) is 15.1 Å². The fourth-order valence-electron chi connectivity index (χ4n) is 3.93. The average Bonchev–Trinajstić information content (AvgIpc) is 3.37. The van der Waals surface area contributed by atoms with Crippen LogP contribution >= 0.6 is 11.6 Å². The van der Waals surface area contributed by atoms with Gasteiger partial charge in [0, 0.05) is 23.3 Å². The zero-order valence-electron chi connectivity index (χ0n) is 18.2. The van der Waals surface area contributed by atoms with Gasteiger partial charge in [0.05, 0.1) is 30.9 Å². The lowest BCUT2D eigenvalue weighted by Crippen LogP contribution is -2.36. The van der Waals surface area contributed by atoms with Crippen molar-refractivity contribution in [3.63, 3.8) is 0 Å². The van der Waals surface area contributed by atoms with Gasteiger partial charge < -0.3 is 15.5 Å². The largest absolute Gasteiger partial charge is 0.390 e. The molecular formula is C21H23ClN6O6S. The van der Waals surface area contributed by atoms with Crippen LogP contribution in [0.1, 0.15) is 28.0 Å². The van der Waals surface area contributed by atoms with E-state index in [-0.39, 0.29) is 23.5 Å². The number of aliphatic hydroxyl groups excluding tert-OH is 2. The summed E-state index contributed by atoms with van der Waals surface area (Å²) in [6.45, 7) is 0.0211. The SMILES string of the molecule is NS(=O)(=O)OC[C@H]1C[C@@H](Nc2ncncc2C(=O)c2ccn(Cc3cccc(Cl)c3)n2)[C@H](O)[C@@H]1O. The first-order valence-electron chi connectivity index (χ1n) is 10.5. The molecule has 2 aromatic heterocycles. The quantitative estimate of drug-likeness (QED) is 0.286. The van der Waals surface area contributed by atoms with Crippen LogP contribution in [0, 0.1) is 5.92 Å². The van der Waals surface area contributed by atoms with Crippen LogP contribution in [0.25, 0.3) is 0 Å². The Morgan fingerprint density at radius 1 is 1.29 bits per heavy atom. The Morgan fingerprint density at radius 2 is 2.09 bits per heavy atom. The second-order valence-corrected chi connectivity index (χ2v) is 9.81. The van der Waals surface area contributed by atoms with Gasteiger partial charge in [0.2, 0.25) is 5.78 Å². The molecular weight excluding hydrogens is 500 g/mol. The van der Waals surface area contributed by atoms with E-state index in [9.17, 15) is 23.4 Å². The Bertz CT molecular complexity index is 1320. The molecule has 4 atom stereocenters. The molecule has 12 nitrogen and oxygen atoms in total. The minimum Gasteiger partial charge on any atom is -0.390 e. The van der Waals surface area contributed by atoms with Gasteiger partial charge in [0.1, 0.15) is 23.9 Å². The molecule has 0 unspecified atom stereocenters. The fraction of sp³-hybridized carbons (Fsp3) is 0.333. The number of aromatic nitrogens is 4. The van der Waals surface area contributed by atoms with Crippen LogP contribution in [-0.2, 0) is 21.0 Å². The van der Waals surface area contributed by atoms with Gasteiger partial charge in [-0.2, -0.15) is 13.5 Å². The van der Waals surface area contributed by atoms with E-state index in [4.69, 9.17) is 16.7 Å². The molecule has 0 spiro atoms. The fourth-order valence-corrected chi connectivity index (χ4v) is 4.51. The third kappa shape index (κ3) is 6.20. The van der Waals surface area contributed by atoms with Crippen LogP contribution in [0.5, 0.6) is 0 Å². The molecule has 1 fully saturated rings. The van der Waals surface area contributed by atoms with Crippen LogP contribution in [0.15, 0.2) is 49.1 Å². The second kappa shape index (κ2) is 10.4. The first-order valence-corrected chi connectivity index (χ1v) is 12.4. The van der Waals surface area contributed by atoms with Crippen molar-refractivity contribution in [2.45, 2.75) is 31.2 Å². The van der Waals surface area contributed by atoms with Crippen molar-refractivity contribution in [3.05, 3.63) is 70.9 Å². The molecule has 4 rings (SSSR count). The van der Waals surface area contributed by atoms with Gasteiger partial charge in [-0.3, -0.25) is 13.7 Å². The Kier molecular flexibility index (Phi) is 7.44. The molecule has 0 amide bonds. The number of rotatable bonds is 9. The highest BCUT2D eigenvalue weighted by molar-refractivity contribution is 7.84. The van der Waals surface area contributed by atoms with E-state index in [2.05, 4.69) is 24.6 Å². The zero-order chi connectivity index (χ0) is 25.2. The van der Waals surface area contributed by atoms with Crippen molar-refractivity contribution in [2.75, 3.05) is 11.9 Å². The van der Waals surface area contributed by atoms with Crippen molar-refractivity contribution >= 4 is 33.5 Å². The average molecular weight is 523 g/mol. The molecule has 3 aromatic rings. The van der Waals surface area contributed by atoms with Gasteiger partial charge in [0.25, 0.3) is 0 Å². The van der Waals surface area contributed by atoms with E-state index in [0.717, 1.165) is 5.56 Å². The van der Waals surface area contributed by atoms with Crippen LogP contribution in [0.4, 0.5) is 5.82 Å². The van der Waals surface area contributed by atoms with Gasteiger partial charge in [-0.1, -0.05) is 23.7 Å². The molecule has 0 bridgehead atoms. The van der Waals surface area contributed by atoms with Crippen molar-refractivity contribution in [1.29, 1.82) is 0 Å². The minimum absolute atomic E-state index is 0.117. The van der Waals surface area contributed by atoms with Crippen LogP contribution in [0.3, 0.4) is 0 Å². The van der Waals surface area contributed by atoms with Crippen LogP contribution in [0.2, 0.25) is 5.02 Å². The predicted molar refractivity (Wildman–Crippen MR) is 125 cm³/mol. The summed E-state index contributed by atoms with van der Waals surface area (Å²) in [5.74, 6) is -1.01. The summed E-state index contributed by atoms with van der Waals surface area (Å²) >= 11 is 6.02. The lowest BCUT2D eigenvalue weighted by molar-refractivity contribution is 0.00778. The third-order valence-corrected chi connectivity index (χ3v) is 6.33. The Morgan fingerprint density at radius 3 is 2.83 bits per heavy atom. The monoisotopic (exact) mass is 522 g/mol. The number of halogens is 1.